The van der Waals surface area contributed by atoms with Crippen LogP contribution in [-0.4, -0.2) is 37.7 Å². The first-order valence-corrected chi connectivity index (χ1v) is 8.70. The first kappa shape index (κ1) is 16.3. The second-order valence-corrected chi connectivity index (χ2v) is 7.12. The van der Waals surface area contributed by atoms with Crippen LogP contribution in [0.5, 0.6) is 0 Å². The number of rotatable bonds is 8. The van der Waals surface area contributed by atoms with Crippen LogP contribution in [0.25, 0.3) is 0 Å². The van der Waals surface area contributed by atoms with E-state index in [4.69, 9.17) is 10.8 Å². The number of hydrogen-bond donors (Lipinski definition) is 3. The molecule has 0 aliphatic rings. The van der Waals surface area contributed by atoms with Crippen molar-refractivity contribution < 1.29 is 13.5 Å². The van der Waals surface area contributed by atoms with Gasteiger partial charge in [0.05, 0.1) is 12.4 Å². The molecule has 4 N–H and O–H groups in total. The summed E-state index contributed by atoms with van der Waals surface area (Å²) in [6, 6.07) is 6.95. The van der Waals surface area contributed by atoms with Crippen LogP contribution in [0.2, 0.25) is 0 Å². The highest BCUT2D eigenvalue weighted by Crippen LogP contribution is 2.24. The van der Waals surface area contributed by atoms with Crippen molar-refractivity contribution in [3.05, 3.63) is 24.3 Å². The third kappa shape index (κ3) is 5.82. The van der Waals surface area contributed by atoms with Gasteiger partial charge in [0.25, 0.3) is 0 Å². The summed E-state index contributed by atoms with van der Waals surface area (Å²) in [7, 11) is -3.36. The van der Waals surface area contributed by atoms with Crippen molar-refractivity contribution in [1.29, 1.82) is 0 Å². The molecule has 0 aliphatic carbocycles. The summed E-state index contributed by atoms with van der Waals surface area (Å²) in [5, 5.41) is 8.98. The third-order valence-corrected chi connectivity index (χ3v) is 5.37. The van der Waals surface area contributed by atoms with Gasteiger partial charge < -0.3 is 10.8 Å². The highest BCUT2D eigenvalue weighted by atomic mass is 32.2. The van der Waals surface area contributed by atoms with Gasteiger partial charge in [-0.1, -0.05) is 19.1 Å². The minimum absolute atomic E-state index is 0.00248. The SMILES string of the molecule is CC[C@H](CO)NS(=O)(=O)CCSc1ccccc1N. The average molecular weight is 304 g/mol. The molecular weight excluding hydrogens is 284 g/mol. The lowest BCUT2D eigenvalue weighted by atomic mass is 10.3. The van der Waals surface area contributed by atoms with E-state index in [9.17, 15) is 8.42 Å². The van der Waals surface area contributed by atoms with Gasteiger partial charge in [0, 0.05) is 22.4 Å². The summed E-state index contributed by atoms with van der Waals surface area (Å²) in [4.78, 5) is 0.881. The Hall–Kier alpha value is -0.760. The first-order chi connectivity index (χ1) is 8.98. The predicted octanol–water partition coefficient (Wildman–Crippen LogP) is 1.05. The van der Waals surface area contributed by atoms with Crippen molar-refractivity contribution in [1.82, 2.24) is 4.72 Å². The Balaban J connectivity index is 2.46. The Labute approximate surface area is 118 Å². The summed E-state index contributed by atoms with van der Waals surface area (Å²) in [6.45, 7) is 1.64. The molecule has 0 unspecified atom stereocenters. The number of aliphatic hydroxyl groups is 1. The number of thioether (sulfide) groups is 1. The molecule has 0 aromatic heterocycles. The molecule has 0 amide bonds. The maximum atomic E-state index is 11.8. The second-order valence-electron chi connectivity index (χ2n) is 4.11. The quantitative estimate of drug-likeness (QED) is 0.493. The predicted molar refractivity (Wildman–Crippen MR) is 79.7 cm³/mol. The number of sulfonamides is 1. The van der Waals surface area contributed by atoms with E-state index in [1.807, 2.05) is 25.1 Å². The van der Waals surface area contributed by atoms with E-state index in [1.54, 1.807) is 6.07 Å². The van der Waals surface area contributed by atoms with Crippen molar-refractivity contribution in [3.63, 3.8) is 0 Å². The molecule has 0 spiro atoms. The monoisotopic (exact) mass is 304 g/mol. The van der Waals surface area contributed by atoms with Gasteiger partial charge in [0.2, 0.25) is 10.0 Å². The zero-order valence-electron chi connectivity index (χ0n) is 10.9. The summed E-state index contributed by atoms with van der Waals surface area (Å²) in [6.07, 6.45) is 0.564. The van der Waals surface area contributed by atoms with E-state index in [2.05, 4.69) is 4.72 Å². The Kier molecular flexibility index (Phi) is 6.64. The van der Waals surface area contributed by atoms with Crippen LogP contribution in [0, 0.1) is 0 Å². The van der Waals surface area contributed by atoms with Crippen molar-refractivity contribution in [2.24, 2.45) is 0 Å². The van der Waals surface area contributed by atoms with Crippen LogP contribution in [-0.2, 0) is 10.0 Å². The Morgan fingerprint density at radius 2 is 2.11 bits per heavy atom. The van der Waals surface area contributed by atoms with Gasteiger partial charge in [0.1, 0.15) is 0 Å². The summed E-state index contributed by atoms with van der Waals surface area (Å²) < 4.78 is 26.0. The first-order valence-electron chi connectivity index (χ1n) is 6.06. The fraction of sp³-hybridized carbons (Fsp3) is 0.500. The minimum Gasteiger partial charge on any atom is -0.398 e. The van der Waals surface area contributed by atoms with Crippen molar-refractivity contribution in [3.8, 4) is 0 Å². The third-order valence-electron chi connectivity index (χ3n) is 2.59. The Bertz CT molecular complexity index is 488. The molecule has 1 rings (SSSR count). The molecule has 108 valence electrons. The van der Waals surface area contributed by atoms with E-state index in [0.29, 0.717) is 17.9 Å². The number of aliphatic hydroxyl groups excluding tert-OH is 1. The van der Waals surface area contributed by atoms with Crippen LogP contribution in [0.4, 0.5) is 5.69 Å². The molecule has 1 aromatic rings. The van der Waals surface area contributed by atoms with Crippen molar-refractivity contribution in [2.45, 2.75) is 24.3 Å². The number of nitrogens with one attached hydrogen (secondary N) is 1. The molecule has 0 bridgehead atoms. The molecule has 0 saturated heterocycles. The Morgan fingerprint density at radius 3 is 2.68 bits per heavy atom. The zero-order valence-corrected chi connectivity index (χ0v) is 12.5. The molecular formula is C12H20N2O3S2. The van der Waals surface area contributed by atoms with Gasteiger partial charge in [-0.05, 0) is 18.6 Å². The molecule has 7 heteroatoms. The number of hydrogen-bond acceptors (Lipinski definition) is 5. The smallest absolute Gasteiger partial charge is 0.212 e. The van der Waals surface area contributed by atoms with Crippen LogP contribution >= 0.6 is 11.8 Å². The standard InChI is InChI=1S/C12H20N2O3S2/c1-2-10(9-15)14-19(16,17)8-7-18-12-6-4-3-5-11(12)13/h3-6,10,14-15H,2,7-9,13H2,1H3/t10-/m1/s1. The number of nitrogens with two attached hydrogens (primary N) is 1. The topological polar surface area (TPSA) is 92.4 Å². The van der Waals surface area contributed by atoms with Gasteiger partial charge in [-0.2, -0.15) is 0 Å². The maximum Gasteiger partial charge on any atom is 0.212 e. The lowest BCUT2D eigenvalue weighted by Crippen LogP contribution is -2.38. The molecule has 5 nitrogen and oxygen atoms in total. The van der Waals surface area contributed by atoms with Crippen LogP contribution in [0.3, 0.4) is 0 Å². The van der Waals surface area contributed by atoms with Crippen molar-refractivity contribution in [2.75, 3.05) is 23.8 Å². The molecule has 0 radical (unpaired) electrons. The van der Waals surface area contributed by atoms with E-state index >= 15 is 0 Å². The lowest BCUT2D eigenvalue weighted by molar-refractivity contribution is 0.254. The normalized spacial score (nSPS) is 13.4. The molecule has 1 aromatic carbocycles. The zero-order chi connectivity index (χ0) is 14.3. The van der Waals surface area contributed by atoms with E-state index in [0.717, 1.165) is 4.90 Å². The van der Waals surface area contributed by atoms with Gasteiger partial charge in [-0.15, -0.1) is 11.8 Å². The summed E-state index contributed by atoms with van der Waals surface area (Å²) in [5.41, 5.74) is 6.43. The van der Waals surface area contributed by atoms with Crippen molar-refractivity contribution >= 4 is 27.5 Å². The largest absolute Gasteiger partial charge is 0.398 e. The van der Waals surface area contributed by atoms with E-state index in [1.165, 1.54) is 11.8 Å². The molecule has 0 aliphatic heterocycles. The summed E-state index contributed by atoms with van der Waals surface area (Å²) in [5.74, 6) is 0.425. The van der Waals surface area contributed by atoms with Crippen LogP contribution < -0.4 is 10.5 Å². The van der Waals surface area contributed by atoms with E-state index in [-0.39, 0.29) is 12.4 Å². The van der Waals surface area contributed by atoms with Crippen LogP contribution in [0.1, 0.15) is 13.3 Å². The number of nitrogen functional groups attached to an aromatic ring is 1. The highest BCUT2D eigenvalue weighted by molar-refractivity contribution is 8.00. The van der Waals surface area contributed by atoms with Gasteiger partial charge in [0.15, 0.2) is 0 Å². The average Bonchev–Trinajstić information content (AvgIpc) is 2.38. The molecule has 19 heavy (non-hydrogen) atoms. The lowest BCUT2D eigenvalue weighted by Gasteiger charge is -2.14. The van der Waals surface area contributed by atoms with Gasteiger partial charge in [-0.25, -0.2) is 13.1 Å². The fourth-order valence-electron chi connectivity index (χ4n) is 1.44. The molecule has 0 heterocycles. The van der Waals surface area contributed by atoms with Crippen LogP contribution in [0.15, 0.2) is 29.2 Å². The fourth-order valence-corrected chi connectivity index (χ4v) is 4.14. The van der Waals surface area contributed by atoms with Gasteiger partial charge in [-0.3, -0.25) is 0 Å². The second kappa shape index (κ2) is 7.74. The number of benzene rings is 1. The highest BCUT2D eigenvalue weighted by Gasteiger charge is 2.15. The maximum absolute atomic E-state index is 11.8. The number of anilines is 1. The number of para-hydroxylation sites is 1. The molecule has 0 fully saturated rings. The molecule has 0 saturated carbocycles. The minimum atomic E-state index is -3.36. The summed E-state index contributed by atoms with van der Waals surface area (Å²) >= 11 is 1.41. The molecule has 1 atom stereocenters. The Morgan fingerprint density at radius 1 is 1.42 bits per heavy atom. The van der Waals surface area contributed by atoms with Gasteiger partial charge >= 0.3 is 0 Å². The van der Waals surface area contributed by atoms with E-state index < -0.39 is 16.1 Å².